The first-order valence-corrected chi connectivity index (χ1v) is 10.1. The Morgan fingerprint density at radius 1 is 1.00 bits per heavy atom. The molecule has 4 rings (SSSR count). The Bertz CT molecular complexity index is 1140. The standard InChI is InChI=1S/C18H20N4O4S/c1-13-3-5-15(6-4-13)27(24,25)21-9-7-20(8-10-21)16-12-18(23)22-17(19-16)11-14(2)26-22/h3-6,11-12H,7-10H2,1-2H3. The van der Waals surface area contributed by atoms with E-state index in [1.807, 2.05) is 11.8 Å². The number of hydrogen-bond donors (Lipinski definition) is 0. The van der Waals surface area contributed by atoms with Gasteiger partial charge in [-0.1, -0.05) is 17.7 Å². The molecule has 1 aliphatic rings. The lowest BCUT2D eigenvalue weighted by Crippen LogP contribution is -2.49. The fraction of sp³-hybridized carbons (Fsp3) is 0.333. The lowest BCUT2D eigenvalue weighted by molar-refractivity contribution is 0.344. The lowest BCUT2D eigenvalue weighted by atomic mass is 10.2. The molecule has 3 heterocycles. The second-order valence-electron chi connectivity index (χ2n) is 6.66. The van der Waals surface area contributed by atoms with Crippen LogP contribution in [0.3, 0.4) is 0 Å². The molecule has 142 valence electrons. The summed E-state index contributed by atoms with van der Waals surface area (Å²) >= 11 is 0. The van der Waals surface area contributed by atoms with E-state index in [4.69, 9.17) is 4.52 Å². The lowest BCUT2D eigenvalue weighted by Gasteiger charge is -2.34. The molecule has 0 N–H and O–H groups in total. The van der Waals surface area contributed by atoms with Gasteiger partial charge in [-0.2, -0.15) is 4.31 Å². The van der Waals surface area contributed by atoms with Gasteiger partial charge in [-0.25, -0.2) is 13.4 Å². The smallest absolute Gasteiger partial charge is 0.289 e. The number of fused-ring (bicyclic) bond motifs is 1. The summed E-state index contributed by atoms with van der Waals surface area (Å²) < 4.78 is 33.5. The van der Waals surface area contributed by atoms with Gasteiger partial charge >= 0.3 is 0 Å². The highest BCUT2D eigenvalue weighted by molar-refractivity contribution is 7.89. The molecular weight excluding hydrogens is 368 g/mol. The maximum atomic E-state index is 12.8. The van der Waals surface area contributed by atoms with Crippen molar-refractivity contribution < 1.29 is 12.9 Å². The van der Waals surface area contributed by atoms with Gasteiger partial charge in [0.15, 0.2) is 5.65 Å². The van der Waals surface area contributed by atoms with E-state index in [1.54, 1.807) is 37.3 Å². The molecule has 0 spiro atoms. The summed E-state index contributed by atoms with van der Waals surface area (Å²) in [4.78, 5) is 18.9. The van der Waals surface area contributed by atoms with Crippen LogP contribution in [0, 0.1) is 13.8 Å². The molecule has 0 unspecified atom stereocenters. The van der Waals surface area contributed by atoms with Crippen LogP contribution in [-0.2, 0) is 10.0 Å². The molecule has 27 heavy (non-hydrogen) atoms. The molecule has 1 aliphatic heterocycles. The van der Waals surface area contributed by atoms with Crippen LogP contribution in [0.5, 0.6) is 0 Å². The number of anilines is 1. The zero-order chi connectivity index (χ0) is 19.2. The van der Waals surface area contributed by atoms with Crippen molar-refractivity contribution in [2.75, 3.05) is 31.1 Å². The molecule has 8 nitrogen and oxygen atoms in total. The van der Waals surface area contributed by atoms with Crippen molar-refractivity contribution in [3.8, 4) is 0 Å². The summed E-state index contributed by atoms with van der Waals surface area (Å²) in [5.41, 5.74) is 1.17. The number of nitrogens with zero attached hydrogens (tertiary/aromatic N) is 4. The van der Waals surface area contributed by atoms with Gasteiger partial charge in [0.2, 0.25) is 10.0 Å². The van der Waals surface area contributed by atoms with E-state index in [-0.39, 0.29) is 5.56 Å². The quantitative estimate of drug-likeness (QED) is 0.674. The third-order valence-electron chi connectivity index (χ3n) is 4.68. The van der Waals surface area contributed by atoms with Gasteiger partial charge in [0, 0.05) is 38.3 Å². The van der Waals surface area contributed by atoms with E-state index < -0.39 is 10.0 Å². The molecule has 1 saturated heterocycles. The molecule has 9 heteroatoms. The van der Waals surface area contributed by atoms with Crippen molar-refractivity contribution in [1.29, 1.82) is 0 Å². The average molecular weight is 388 g/mol. The van der Waals surface area contributed by atoms with Crippen molar-refractivity contribution in [1.82, 2.24) is 13.9 Å². The highest BCUT2D eigenvalue weighted by Crippen LogP contribution is 2.20. The summed E-state index contributed by atoms with van der Waals surface area (Å²) in [6.07, 6.45) is 0. The van der Waals surface area contributed by atoms with E-state index in [0.29, 0.717) is 48.3 Å². The predicted molar refractivity (Wildman–Crippen MR) is 101 cm³/mol. The van der Waals surface area contributed by atoms with Crippen LogP contribution in [0.2, 0.25) is 0 Å². The third-order valence-corrected chi connectivity index (χ3v) is 6.59. The van der Waals surface area contributed by atoms with Gasteiger partial charge in [0.05, 0.1) is 4.90 Å². The number of sulfonamides is 1. The Morgan fingerprint density at radius 3 is 2.33 bits per heavy atom. The predicted octanol–water partition coefficient (Wildman–Crippen LogP) is 1.42. The summed E-state index contributed by atoms with van der Waals surface area (Å²) in [5.74, 6) is 1.14. The minimum atomic E-state index is -3.52. The zero-order valence-corrected chi connectivity index (χ0v) is 15.9. The Labute approximate surface area is 156 Å². The highest BCUT2D eigenvalue weighted by Gasteiger charge is 2.29. The van der Waals surface area contributed by atoms with E-state index >= 15 is 0 Å². The van der Waals surface area contributed by atoms with Gasteiger partial charge in [-0.15, -0.1) is 4.57 Å². The number of aromatic nitrogens is 2. The maximum absolute atomic E-state index is 12.8. The number of benzene rings is 1. The zero-order valence-electron chi connectivity index (χ0n) is 15.1. The fourth-order valence-corrected chi connectivity index (χ4v) is 4.61. The Balaban J connectivity index is 1.53. The molecule has 2 aromatic heterocycles. The summed E-state index contributed by atoms with van der Waals surface area (Å²) in [6, 6.07) is 9.97. The van der Waals surface area contributed by atoms with E-state index in [0.717, 1.165) is 10.1 Å². The van der Waals surface area contributed by atoms with Gasteiger partial charge in [-0.05, 0) is 26.0 Å². The second-order valence-corrected chi connectivity index (χ2v) is 8.59. The highest BCUT2D eigenvalue weighted by atomic mass is 32.2. The molecule has 0 saturated carbocycles. The SMILES string of the molecule is Cc1ccc(S(=O)(=O)N2CCN(c3cc(=O)n4oc(C)cc4n3)CC2)cc1. The van der Waals surface area contributed by atoms with Crippen LogP contribution in [0.15, 0.2) is 50.6 Å². The molecule has 0 atom stereocenters. The molecule has 1 aromatic carbocycles. The first-order valence-electron chi connectivity index (χ1n) is 8.67. The summed E-state index contributed by atoms with van der Waals surface area (Å²) in [7, 11) is -3.52. The van der Waals surface area contributed by atoms with Crippen LogP contribution in [-0.4, -0.2) is 48.5 Å². The number of aryl methyl sites for hydroxylation is 2. The normalized spacial score (nSPS) is 16.1. The number of rotatable bonds is 3. The number of hydrogen-bond acceptors (Lipinski definition) is 6. The molecule has 1 fully saturated rings. The minimum Gasteiger partial charge on any atom is -0.375 e. The first kappa shape index (κ1) is 17.7. The Kier molecular flexibility index (Phi) is 4.27. The van der Waals surface area contributed by atoms with Gasteiger partial charge in [0.25, 0.3) is 5.56 Å². The van der Waals surface area contributed by atoms with E-state index in [1.165, 1.54) is 10.4 Å². The van der Waals surface area contributed by atoms with Crippen LogP contribution in [0.25, 0.3) is 5.65 Å². The molecule has 0 aliphatic carbocycles. The van der Waals surface area contributed by atoms with Crippen LogP contribution >= 0.6 is 0 Å². The Hall–Kier alpha value is -2.65. The van der Waals surface area contributed by atoms with Crippen molar-refractivity contribution in [3.63, 3.8) is 0 Å². The van der Waals surface area contributed by atoms with E-state index in [9.17, 15) is 13.2 Å². The van der Waals surface area contributed by atoms with E-state index in [2.05, 4.69) is 4.98 Å². The molecule has 0 amide bonds. The largest absolute Gasteiger partial charge is 0.375 e. The van der Waals surface area contributed by atoms with Crippen molar-refractivity contribution in [2.45, 2.75) is 18.7 Å². The molecule has 0 radical (unpaired) electrons. The fourth-order valence-electron chi connectivity index (χ4n) is 3.19. The second kappa shape index (κ2) is 6.50. The van der Waals surface area contributed by atoms with Gasteiger partial charge < -0.3 is 9.42 Å². The minimum absolute atomic E-state index is 0.294. The van der Waals surface area contributed by atoms with Gasteiger partial charge in [-0.3, -0.25) is 4.79 Å². The summed E-state index contributed by atoms with van der Waals surface area (Å²) in [5, 5.41) is 0. The number of piperazine rings is 1. The van der Waals surface area contributed by atoms with Crippen LogP contribution in [0.1, 0.15) is 11.3 Å². The first-order chi connectivity index (χ1) is 12.8. The summed E-state index contributed by atoms with van der Waals surface area (Å²) in [6.45, 7) is 5.27. The molecular formula is C18H20N4O4S. The maximum Gasteiger partial charge on any atom is 0.289 e. The van der Waals surface area contributed by atoms with Crippen molar-refractivity contribution in [3.05, 3.63) is 58.1 Å². The third kappa shape index (κ3) is 3.24. The Morgan fingerprint density at radius 2 is 1.67 bits per heavy atom. The van der Waals surface area contributed by atoms with Crippen LogP contribution < -0.4 is 10.5 Å². The van der Waals surface area contributed by atoms with Crippen molar-refractivity contribution in [2.24, 2.45) is 0 Å². The molecule has 0 bridgehead atoms. The monoisotopic (exact) mass is 388 g/mol. The average Bonchev–Trinajstić information content (AvgIpc) is 3.03. The van der Waals surface area contributed by atoms with Gasteiger partial charge in [0.1, 0.15) is 11.6 Å². The van der Waals surface area contributed by atoms with Crippen LogP contribution in [0.4, 0.5) is 5.82 Å². The van der Waals surface area contributed by atoms with Crippen molar-refractivity contribution >= 4 is 21.5 Å². The topological polar surface area (TPSA) is 88.1 Å². The molecule has 3 aromatic rings.